The number of rotatable bonds is 5. The predicted octanol–water partition coefficient (Wildman–Crippen LogP) is 3.08. The molecule has 1 aliphatic heterocycles. The molecule has 6 heteroatoms. The van der Waals surface area contributed by atoms with Crippen molar-refractivity contribution in [3.05, 3.63) is 53.2 Å². The zero-order chi connectivity index (χ0) is 16.9. The van der Waals surface area contributed by atoms with Crippen LogP contribution in [0.1, 0.15) is 23.1 Å². The Morgan fingerprint density at radius 1 is 1.29 bits per heavy atom. The van der Waals surface area contributed by atoms with Gasteiger partial charge in [0.2, 0.25) is 0 Å². The molecule has 2 heterocycles. The summed E-state index contributed by atoms with van der Waals surface area (Å²) in [6.07, 6.45) is 0. The highest BCUT2D eigenvalue weighted by molar-refractivity contribution is 5.58. The highest BCUT2D eigenvalue weighted by Gasteiger charge is 2.25. The normalized spacial score (nSPS) is 16.5. The third-order valence-electron chi connectivity index (χ3n) is 4.19. The van der Waals surface area contributed by atoms with Crippen molar-refractivity contribution in [3.8, 4) is 6.07 Å². The largest absolute Gasteiger partial charge is 0.465 e. The van der Waals surface area contributed by atoms with E-state index >= 15 is 0 Å². The lowest BCUT2D eigenvalue weighted by Gasteiger charge is -2.33. The third-order valence-corrected chi connectivity index (χ3v) is 4.19. The van der Waals surface area contributed by atoms with Gasteiger partial charge >= 0.3 is 0 Å². The number of benzene rings is 1. The van der Waals surface area contributed by atoms with Gasteiger partial charge in [-0.3, -0.25) is 4.90 Å². The molecule has 1 N–H and O–H groups in total. The van der Waals surface area contributed by atoms with Crippen molar-refractivity contribution >= 4 is 5.69 Å². The molecule has 2 aromatic rings. The molecular weight excluding hydrogens is 309 g/mol. The Balaban J connectivity index is 1.80. The van der Waals surface area contributed by atoms with E-state index in [9.17, 15) is 4.39 Å². The summed E-state index contributed by atoms with van der Waals surface area (Å²) in [6, 6.07) is 10.4. The number of nitriles is 1. The van der Waals surface area contributed by atoms with Crippen molar-refractivity contribution in [1.82, 2.24) is 4.90 Å². The van der Waals surface area contributed by atoms with Gasteiger partial charge in [0.1, 0.15) is 29.0 Å². The first-order valence-corrected chi connectivity index (χ1v) is 7.99. The first kappa shape index (κ1) is 16.5. The Kier molecular flexibility index (Phi) is 5.14. The topological polar surface area (TPSA) is 61.4 Å². The van der Waals surface area contributed by atoms with Gasteiger partial charge in [0, 0.05) is 19.6 Å². The van der Waals surface area contributed by atoms with Crippen molar-refractivity contribution < 1.29 is 13.5 Å². The maximum absolute atomic E-state index is 13.7. The molecule has 0 radical (unpaired) electrons. The zero-order valence-electron chi connectivity index (χ0n) is 13.6. The van der Waals surface area contributed by atoms with Gasteiger partial charge in [-0.25, -0.2) is 4.39 Å². The van der Waals surface area contributed by atoms with Crippen molar-refractivity contribution in [1.29, 1.82) is 5.26 Å². The lowest BCUT2D eigenvalue weighted by Crippen LogP contribution is -2.41. The minimum absolute atomic E-state index is 0.00240. The molecule has 1 aliphatic rings. The lowest BCUT2D eigenvalue weighted by atomic mass is 10.1. The molecule has 1 fully saturated rings. The Morgan fingerprint density at radius 2 is 2.08 bits per heavy atom. The van der Waals surface area contributed by atoms with Gasteiger partial charge in [0.25, 0.3) is 0 Å². The van der Waals surface area contributed by atoms with Gasteiger partial charge in [0.05, 0.1) is 24.9 Å². The maximum Gasteiger partial charge on any atom is 0.143 e. The number of morpholine rings is 1. The molecule has 1 atom stereocenters. The van der Waals surface area contributed by atoms with Crippen LogP contribution in [0.15, 0.2) is 34.7 Å². The second-order valence-electron chi connectivity index (χ2n) is 5.77. The van der Waals surface area contributed by atoms with E-state index in [1.165, 1.54) is 6.07 Å². The summed E-state index contributed by atoms with van der Waals surface area (Å²) in [5.41, 5.74) is 0.535. The number of hydrogen-bond acceptors (Lipinski definition) is 5. The molecule has 1 aromatic carbocycles. The molecule has 5 nitrogen and oxygen atoms in total. The number of furan rings is 1. The summed E-state index contributed by atoms with van der Waals surface area (Å²) in [5.74, 6) is 1.20. The van der Waals surface area contributed by atoms with Crippen LogP contribution in [0.3, 0.4) is 0 Å². The van der Waals surface area contributed by atoms with Crippen LogP contribution in [0.5, 0.6) is 0 Å². The van der Waals surface area contributed by atoms with Crippen LogP contribution >= 0.6 is 0 Å². The van der Waals surface area contributed by atoms with E-state index in [1.54, 1.807) is 12.1 Å². The SMILES string of the molecule is Cc1ccc([C@@H](CNc2cccc(F)c2C#N)N2CCOCC2)o1. The minimum Gasteiger partial charge on any atom is -0.465 e. The summed E-state index contributed by atoms with van der Waals surface area (Å²) >= 11 is 0. The van der Waals surface area contributed by atoms with Crippen molar-refractivity contribution in [2.75, 3.05) is 38.2 Å². The van der Waals surface area contributed by atoms with Crippen LogP contribution in [0, 0.1) is 24.1 Å². The average molecular weight is 329 g/mol. The van der Waals surface area contributed by atoms with E-state index in [2.05, 4.69) is 10.2 Å². The number of aryl methyl sites for hydroxylation is 1. The monoisotopic (exact) mass is 329 g/mol. The molecule has 0 unspecified atom stereocenters. The van der Waals surface area contributed by atoms with E-state index < -0.39 is 5.82 Å². The van der Waals surface area contributed by atoms with E-state index in [4.69, 9.17) is 14.4 Å². The maximum atomic E-state index is 13.7. The van der Waals surface area contributed by atoms with Crippen LogP contribution in [0.2, 0.25) is 0 Å². The molecule has 1 saturated heterocycles. The van der Waals surface area contributed by atoms with Crippen molar-refractivity contribution in [2.45, 2.75) is 13.0 Å². The van der Waals surface area contributed by atoms with Gasteiger partial charge in [-0.1, -0.05) is 6.07 Å². The number of halogens is 1. The van der Waals surface area contributed by atoms with E-state index in [-0.39, 0.29) is 11.6 Å². The molecule has 0 bridgehead atoms. The Labute approximate surface area is 140 Å². The summed E-state index contributed by atoms with van der Waals surface area (Å²) in [4.78, 5) is 2.28. The quantitative estimate of drug-likeness (QED) is 0.913. The van der Waals surface area contributed by atoms with E-state index in [0.29, 0.717) is 25.4 Å². The Hall–Kier alpha value is -2.36. The zero-order valence-corrected chi connectivity index (χ0v) is 13.6. The number of nitrogens with zero attached hydrogens (tertiary/aromatic N) is 2. The number of ether oxygens (including phenoxy) is 1. The highest BCUT2D eigenvalue weighted by atomic mass is 19.1. The fourth-order valence-electron chi connectivity index (χ4n) is 2.92. The summed E-state index contributed by atoms with van der Waals surface area (Å²) in [5, 5.41) is 12.4. The highest BCUT2D eigenvalue weighted by Crippen LogP contribution is 2.26. The molecule has 1 aromatic heterocycles. The standard InChI is InChI=1S/C18H20FN3O2/c1-13-5-6-18(24-13)17(22-7-9-23-10-8-22)12-21-16-4-2-3-15(19)14(16)11-20/h2-6,17,21H,7-10,12H2,1H3/t17-/m1/s1. The molecule has 0 amide bonds. The van der Waals surface area contributed by atoms with Crippen LogP contribution in [0.4, 0.5) is 10.1 Å². The average Bonchev–Trinajstić information content (AvgIpc) is 3.02. The third kappa shape index (κ3) is 3.58. The van der Waals surface area contributed by atoms with Crippen LogP contribution < -0.4 is 5.32 Å². The first-order valence-electron chi connectivity index (χ1n) is 7.99. The van der Waals surface area contributed by atoms with Gasteiger partial charge in [0.15, 0.2) is 0 Å². The predicted molar refractivity (Wildman–Crippen MR) is 88.2 cm³/mol. The second-order valence-corrected chi connectivity index (χ2v) is 5.77. The molecular formula is C18H20FN3O2. The van der Waals surface area contributed by atoms with Crippen LogP contribution in [-0.2, 0) is 4.74 Å². The van der Waals surface area contributed by atoms with Crippen LogP contribution in [0.25, 0.3) is 0 Å². The van der Waals surface area contributed by atoms with Gasteiger partial charge in [-0.05, 0) is 31.2 Å². The number of nitrogens with one attached hydrogen (secondary N) is 1. The first-order chi connectivity index (χ1) is 11.7. The van der Waals surface area contributed by atoms with Gasteiger partial charge < -0.3 is 14.5 Å². The summed E-state index contributed by atoms with van der Waals surface area (Å²) in [6.45, 7) is 5.40. The van der Waals surface area contributed by atoms with Gasteiger partial charge in [-0.15, -0.1) is 0 Å². The molecule has 24 heavy (non-hydrogen) atoms. The van der Waals surface area contributed by atoms with Crippen molar-refractivity contribution in [2.24, 2.45) is 0 Å². The summed E-state index contributed by atoms with van der Waals surface area (Å²) < 4.78 is 25.0. The number of hydrogen-bond donors (Lipinski definition) is 1. The van der Waals surface area contributed by atoms with E-state index in [1.807, 2.05) is 25.1 Å². The molecule has 126 valence electrons. The van der Waals surface area contributed by atoms with E-state index in [0.717, 1.165) is 24.6 Å². The molecule has 3 rings (SSSR count). The van der Waals surface area contributed by atoms with Gasteiger partial charge in [-0.2, -0.15) is 5.26 Å². The minimum atomic E-state index is -0.515. The van der Waals surface area contributed by atoms with Crippen molar-refractivity contribution in [3.63, 3.8) is 0 Å². The fraction of sp³-hybridized carbons (Fsp3) is 0.389. The van der Waals surface area contributed by atoms with Crippen LogP contribution in [-0.4, -0.2) is 37.7 Å². The lowest BCUT2D eigenvalue weighted by molar-refractivity contribution is 0.0143. The molecule has 0 saturated carbocycles. The number of anilines is 1. The Bertz CT molecular complexity index is 732. The molecule has 0 aliphatic carbocycles. The Morgan fingerprint density at radius 3 is 2.75 bits per heavy atom. The molecule has 0 spiro atoms. The fourth-order valence-corrected chi connectivity index (χ4v) is 2.92. The second kappa shape index (κ2) is 7.47. The summed E-state index contributed by atoms with van der Waals surface area (Å²) in [7, 11) is 0. The smallest absolute Gasteiger partial charge is 0.143 e.